The molecule has 0 heterocycles. The smallest absolute Gasteiger partial charge is 0.0723 e. The minimum Gasteiger partial charge on any atom is -0.389 e. The number of aliphatic hydroxyl groups excluding tert-OH is 1. The fraction of sp³-hybridized carbons (Fsp3) is 0.429. The van der Waals surface area contributed by atoms with Gasteiger partial charge in [-0.25, -0.2) is 0 Å². The zero-order chi connectivity index (χ0) is 12.3. The predicted octanol–water partition coefficient (Wildman–Crippen LogP) is 4.51. The molecule has 17 heavy (non-hydrogen) atoms. The standard InChI is InChI=1S/C14H16BrClO/c15-12-6-5-11(14(16)9-12)7-10-3-1-2-4-13(17)8-10/h5-6,8-9,13,17H,1-4,7H2. The van der Waals surface area contributed by atoms with Crippen LogP contribution in [-0.2, 0) is 6.42 Å². The van der Waals surface area contributed by atoms with Crippen LogP contribution in [0.25, 0.3) is 0 Å². The molecule has 1 N–H and O–H groups in total. The first kappa shape index (κ1) is 13.1. The van der Waals surface area contributed by atoms with E-state index in [9.17, 15) is 5.11 Å². The van der Waals surface area contributed by atoms with Gasteiger partial charge in [-0.3, -0.25) is 0 Å². The second kappa shape index (κ2) is 6.03. The van der Waals surface area contributed by atoms with Gasteiger partial charge in [0.25, 0.3) is 0 Å². The number of aliphatic hydroxyl groups is 1. The molecule has 0 saturated carbocycles. The molecule has 3 heteroatoms. The molecular formula is C14H16BrClO. The third-order valence-electron chi connectivity index (χ3n) is 3.11. The Morgan fingerprint density at radius 2 is 2.18 bits per heavy atom. The molecule has 0 spiro atoms. The van der Waals surface area contributed by atoms with E-state index in [1.165, 1.54) is 5.57 Å². The fourth-order valence-electron chi connectivity index (χ4n) is 2.20. The summed E-state index contributed by atoms with van der Waals surface area (Å²) in [7, 11) is 0. The highest BCUT2D eigenvalue weighted by molar-refractivity contribution is 9.10. The predicted molar refractivity (Wildman–Crippen MR) is 75.4 cm³/mol. The highest BCUT2D eigenvalue weighted by Crippen LogP contribution is 2.26. The number of hydrogen-bond acceptors (Lipinski definition) is 1. The molecule has 0 radical (unpaired) electrons. The van der Waals surface area contributed by atoms with E-state index in [-0.39, 0.29) is 6.10 Å². The summed E-state index contributed by atoms with van der Waals surface area (Å²) < 4.78 is 1.00. The molecule has 1 aromatic rings. The van der Waals surface area contributed by atoms with E-state index in [0.717, 1.165) is 47.2 Å². The lowest BCUT2D eigenvalue weighted by Crippen LogP contribution is -2.01. The van der Waals surface area contributed by atoms with E-state index in [1.807, 2.05) is 24.3 Å². The van der Waals surface area contributed by atoms with Crippen molar-refractivity contribution in [2.45, 2.75) is 38.2 Å². The molecule has 1 aliphatic rings. The first-order chi connectivity index (χ1) is 8.15. The minimum atomic E-state index is -0.276. The van der Waals surface area contributed by atoms with Crippen molar-refractivity contribution < 1.29 is 5.11 Å². The van der Waals surface area contributed by atoms with Gasteiger partial charge in [-0.15, -0.1) is 0 Å². The normalized spacial score (nSPS) is 20.9. The molecule has 1 atom stereocenters. The molecule has 1 unspecified atom stereocenters. The Hall–Kier alpha value is -0.310. The Labute approximate surface area is 116 Å². The molecule has 0 fully saturated rings. The van der Waals surface area contributed by atoms with Crippen LogP contribution >= 0.6 is 27.5 Å². The molecule has 1 aromatic carbocycles. The van der Waals surface area contributed by atoms with E-state index in [0.29, 0.717) is 0 Å². The van der Waals surface area contributed by atoms with Crippen molar-refractivity contribution in [2.24, 2.45) is 0 Å². The summed E-state index contributed by atoms with van der Waals surface area (Å²) in [6.45, 7) is 0. The van der Waals surface area contributed by atoms with Crippen LogP contribution in [0.4, 0.5) is 0 Å². The van der Waals surface area contributed by atoms with Crippen molar-refractivity contribution >= 4 is 27.5 Å². The van der Waals surface area contributed by atoms with Gasteiger partial charge in [0.15, 0.2) is 0 Å². The van der Waals surface area contributed by atoms with Crippen LogP contribution in [0.1, 0.15) is 31.2 Å². The highest BCUT2D eigenvalue weighted by atomic mass is 79.9. The summed E-state index contributed by atoms with van der Waals surface area (Å²) in [6.07, 6.45) is 6.81. The molecule has 2 rings (SSSR count). The molecule has 1 nitrogen and oxygen atoms in total. The molecule has 0 aromatic heterocycles. The molecule has 0 bridgehead atoms. The summed E-state index contributed by atoms with van der Waals surface area (Å²) in [4.78, 5) is 0. The van der Waals surface area contributed by atoms with Gasteiger partial charge in [-0.2, -0.15) is 0 Å². The topological polar surface area (TPSA) is 20.2 Å². The van der Waals surface area contributed by atoms with E-state index >= 15 is 0 Å². The monoisotopic (exact) mass is 314 g/mol. The maximum atomic E-state index is 9.73. The SMILES string of the molecule is OC1C=C(Cc2ccc(Br)cc2Cl)CCCC1. The van der Waals surface area contributed by atoms with Crippen LogP contribution in [0.15, 0.2) is 34.3 Å². The average Bonchev–Trinajstić information content (AvgIpc) is 2.47. The van der Waals surface area contributed by atoms with E-state index in [1.54, 1.807) is 0 Å². The molecule has 92 valence electrons. The van der Waals surface area contributed by atoms with Gasteiger partial charge in [-0.1, -0.05) is 51.7 Å². The van der Waals surface area contributed by atoms with Crippen LogP contribution in [0.2, 0.25) is 5.02 Å². The van der Waals surface area contributed by atoms with Gasteiger partial charge in [0, 0.05) is 9.50 Å². The van der Waals surface area contributed by atoms with Crippen molar-refractivity contribution in [1.29, 1.82) is 0 Å². The van der Waals surface area contributed by atoms with Crippen molar-refractivity contribution in [1.82, 2.24) is 0 Å². The number of benzene rings is 1. The maximum Gasteiger partial charge on any atom is 0.0723 e. The van der Waals surface area contributed by atoms with Crippen LogP contribution in [-0.4, -0.2) is 11.2 Å². The maximum absolute atomic E-state index is 9.73. The van der Waals surface area contributed by atoms with Crippen molar-refractivity contribution in [3.05, 3.63) is 44.9 Å². The van der Waals surface area contributed by atoms with Crippen molar-refractivity contribution in [2.75, 3.05) is 0 Å². The lowest BCUT2D eigenvalue weighted by Gasteiger charge is -2.08. The number of hydrogen-bond donors (Lipinski definition) is 1. The van der Waals surface area contributed by atoms with Crippen LogP contribution in [0.5, 0.6) is 0 Å². The quantitative estimate of drug-likeness (QED) is 0.796. The average molecular weight is 316 g/mol. The number of rotatable bonds is 2. The zero-order valence-electron chi connectivity index (χ0n) is 9.63. The first-order valence-corrected chi connectivity index (χ1v) is 7.14. The summed E-state index contributed by atoms with van der Waals surface area (Å²) in [5.74, 6) is 0. The number of halogens is 2. The van der Waals surface area contributed by atoms with E-state index in [2.05, 4.69) is 15.9 Å². The second-order valence-corrected chi connectivity index (χ2v) is 5.87. The molecule has 0 saturated heterocycles. The molecular weight excluding hydrogens is 300 g/mol. The van der Waals surface area contributed by atoms with Crippen molar-refractivity contribution in [3.8, 4) is 0 Å². The minimum absolute atomic E-state index is 0.276. The Kier molecular flexibility index (Phi) is 4.66. The molecule has 1 aliphatic carbocycles. The summed E-state index contributed by atoms with van der Waals surface area (Å²) >= 11 is 9.61. The van der Waals surface area contributed by atoms with Gasteiger partial charge in [-0.05, 0) is 43.4 Å². The largest absolute Gasteiger partial charge is 0.389 e. The summed E-state index contributed by atoms with van der Waals surface area (Å²) in [6, 6.07) is 5.98. The third kappa shape index (κ3) is 3.84. The zero-order valence-corrected chi connectivity index (χ0v) is 12.0. The van der Waals surface area contributed by atoms with E-state index < -0.39 is 0 Å². The summed E-state index contributed by atoms with van der Waals surface area (Å²) in [5, 5.41) is 10.5. The first-order valence-electron chi connectivity index (χ1n) is 5.97. The van der Waals surface area contributed by atoms with Crippen LogP contribution < -0.4 is 0 Å². The second-order valence-electron chi connectivity index (χ2n) is 4.55. The van der Waals surface area contributed by atoms with E-state index in [4.69, 9.17) is 11.6 Å². The Balaban J connectivity index is 2.14. The van der Waals surface area contributed by atoms with Crippen LogP contribution in [0, 0.1) is 0 Å². The Morgan fingerprint density at radius 1 is 1.35 bits per heavy atom. The van der Waals surface area contributed by atoms with Crippen LogP contribution in [0.3, 0.4) is 0 Å². The lowest BCUT2D eigenvalue weighted by molar-refractivity contribution is 0.211. The Morgan fingerprint density at radius 3 is 2.94 bits per heavy atom. The molecule has 0 aliphatic heterocycles. The van der Waals surface area contributed by atoms with Crippen molar-refractivity contribution in [3.63, 3.8) is 0 Å². The Bertz CT molecular complexity index is 428. The summed E-state index contributed by atoms with van der Waals surface area (Å²) in [5.41, 5.74) is 2.44. The molecule has 0 amide bonds. The third-order valence-corrected chi connectivity index (χ3v) is 3.95. The fourth-order valence-corrected chi connectivity index (χ4v) is 2.94. The van der Waals surface area contributed by atoms with Gasteiger partial charge in [0.1, 0.15) is 0 Å². The van der Waals surface area contributed by atoms with Gasteiger partial charge in [0.2, 0.25) is 0 Å². The lowest BCUT2D eigenvalue weighted by atomic mass is 10.0. The number of allylic oxidation sites excluding steroid dienone is 1. The highest BCUT2D eigenvalue weighted by Gasteiger charge is 2.11. The van der Waals surface area contributed by atoms with Gasteiger partial charge in [0.05, 0.1) is 6.10 Å². The van der Waals surface area contributed by atoms with Gasteiger partial charge < -0.3 is 5.11 Å². The van der Waals surface area contributed by atoms with Gasteiger partial charge >= 0.3 is 0 Å².